The van der Waals surface area contributed by atoms with Crippen LogP contribution in [-0.2, 0) is 28.1 Å². The summed E-state index contributed by atoms with van der Waals surface area (Å²) in [5, 5.41) is 10.2. The van der Waals surface area contributed by atoms with Crippen molar-refractivity contribution in [2.45, 2.75) is 93.7 Å². The maximum Gasteiger partial charge on any atom is 0.318 e. The minimum Gasteiger partial charge on any atom is -0.461 e. The number of hydrogen-bond donors (Lipinski definition) is 1. The number of benzene rings is 1. The molecule has 2 N–H and O–H groups in total. The molecule has 4 fully saturated rings. The zero-order chi connectivity index (χ0) is 28.7. The molecule has 1 aromatic heterocycles. The SMILES string of the molecule is C[C@H]1CC[C@]2(Cc3nc(OCC45CCCN4C[C@H](F)C5)nc(N4CCC45CCOC5)c3CO2)c2c1ccc(N)c2C#N. The van der Waals surface area contributed by atoms with Gasteiger partial charge in [0.1, 0.15) is 30.3 Å². The van der Waals surface area contributed by atoms with Crippen molar-refractivity contribution in [3.63, 3.8) is 0 Å². The molecule has 2 aromatic rings. The molecule has 5 atom stereocenters. The lowest BCUT2D eigenvalue weighted by molar-refractivity contribution is -0.0874. The van der Waals surface area contributed by atoms with Gasteiger partial charge in [0.15, 0.2) is 0 Å². The van der Waals surface area contributed by atoms with E-state index < -0.39 is 11.8 Å². The van der Waals surface area contributed by atoms with E-state index in [1.54, 1.807) is 0 Å². The Balaban J connectivity index is 1.19. The molecule has 1 aliphatic carbocycles. The lowest BCUT2D eigenvalue weighted by atomic mass is 9.69. The molecule has 10 heteroatoms. The number of anilines is 2. The standard InChI is InChI=1S/C32H39FN6O3/c1-20-5-7-32(27-22(20)3-4-25(35)23(27)15-34)14-26-24(17-42-32)28(39-11-8-30(39)9-12-40-18-30)37-29(36-26)41-19-31-6-2-10-38(31)16-21(33)13-31/h3-4,20-21H,2,5-14,16-19,35H2,1H3/t20-,21+,30?,31?,32-/m0/s1. The second-order valence-electron chi connectivity index (χ2n) is 13.6. The topological polar surface area (TPSA) is 110 Å². The number of halogens is 1. The normalized spacial score (nSPS) is 35.1. The van der Waals surface area contributed by atoms with Crippen molar-refractivity contribution in [2.24, 2.45) is 0 Å². The van der Waals surface area contributed by atoms with Gasteiger partial charge in [0.05, 0.1) is 35.5 Å². The summed E-state index contributed by atoms with van der Waals surface area (Å²) in [6.07, 6.45) is 5.98. The lowest BCUT2D eigenvalue weighted by Gasteiger charge is -2.52. The second kappa shape index (κ2) is 9.50. The number of nitrogen functional groups attached to an aromatic ring is 1. The zero-order valence-electron chi connectivity index (χ0n) is 24.3. The highest BCUT2D eigenvalue weighted by atomic mass is 19.1. The average molecular weight is 575 g/mol. The fraction of sp³-hybridized carbons (Fsp3) is 0.656. The smallest absolute Gasteiger partial charge is 0.318 e. The molecule has 0 radical (unpaired) electrons. The van der Waals surface area contributed by atoms with Crippen LogP contribution in [0.25, 0.3) is 0 Å². The molecule has 6 heterocycles. The van der Waals surface area contributed by atoms with E-state index in [-0.39, 0.29) is 11.1 Å². The third kappa shape index (κ3) is 3.82. The molecule has 9 nitrogen and oxygen atoms in total. The third-order valence-corrected chi connectivity index (χ3v) is 11.3. The predicted octanol–water partition coefficient (Wildman–Crippen LogP) is 4.12. The number of hydrogen-bond acceptors (Lipinski definition) is 9. The van der Waals surface area contributed by atoms with Crippen molar-refractivity contribution in [3.05, 3.63) is 40.1 Å². The van der Waals surface area contributed by atoms with E-state index in [4.69, 9.17) is 29.9 Å². The first kappa shape index (κ1) is 26.6. The highest BCUT2D eigenvalue weighted by molar-refractivity contribution is 5.64. The predicted molar refractivity (Wildman–Crippen MR) is 154 cm³/mol. The number of nitrogens with two attached hydrogens (primary N) is 1. The van der Waals surface area contributed by atoms with Gasteiger partial charge in [-0.3, -0.25) is 4.90 Å². The van der Waals surface area contributed by atoms with E-state index in [2.05, 4.69) is 28.9 Å². The van der Waals surface area contributed by atoms with Gasteiger partial charge in [-0.2, -0.15) is 15.2 Å². The molecule has 0 saturated carbocycles. The van der Waals surface area contributed by atoms with Crippen molar-refractivity contribution in [3.8, 4) is 12.1 Å². The first-order valence-electron chi connectivity index (χ1n) is 15.6. The molecule has 222 valence electrons. The van der Waals surface area contributed by atoms with E-state index in [0.717, 1.165) is 86.4 Å². The highest BCUT2D eigenvalue weighted by Crippen LogP contribution is 2.52. The van der Waals surface area contributed by atoms with Crippen LogP contribution in [0, 0.1) is 11.3 Å². The Kier molecular flexibility index (Phi) is 6.02. The molecule has 1 aromatic carbocycles. The van der Waals surface area contributed by atoms with Crippen LogP contribution < -0.4 is 15.4 Å². The van der Waals surface area contributed by atoms with Crippen molar-refractivity contribution in [2.75, 3.05) is 50.1 Å². The average Bonchev–Trinajstić information content (AvgIpc) is 3.69. The van der Waals surface area contributed by atoms with Crippen LogP contribution in [0.3, 0.4) is 0 Å². The van der Waals surface area contributed by atoms with E-state index in [0.29, 0.717) is 62.4 Å². The summed E-state index contributed by atoms with van der Waals surface area (Å²) >= 11 is 0. The molecule has 2 unspecified atom stereocenters. The third-order valence-electron chi connectivity index (χ3n) is 11.3. The van der Waals surface area contributed by atoms with Gasteiger partial charge in [-0.05, 0) is 62.6 Å². The molecule has 4 saturated heterocycles. The van der Waals surface area contributed by atoms with Gasteiger partial charge >= 0.3 is 6.01 Å². The largest absolute Gasteiger partial charge is 0.461 e. The van der Waals surface area contributed by atoms with Crippen molar-refractivity contribution < 1.29 is 18.6 Å². The monoisotopic (exact) mass is 574 g/mol. The van der Waals surface area contributed by atoms with Crippen LogP contribution in [0.15, 0.2) is 12.1 Å². The van der Waals surface area contributed by atoms with E-state index in [1.807, 2.05) is 6.07 Å². The van der Waals surface area contributed by atoms with Gasteiger partial charge in [0.25, 0.3) is 0 Å². The van der Waals surface area contributed by atoms with Crippen LogP contribution >= 0.6 is 0 Å². The van der Waals surface area contributed by atoms with Gasteiger partial charge < -0.3 is 24.8 Å². The minimum absolute atomic E-state index is 0.0440. The maximum absolute atomic E-state index is 14.5. The Morgan fingerprint density at radius 3 is 2.90 bits per heavy atom. The minimum atomic E-state index is -0.815. The number of nitriles is 1. The number of rotatable bonds is 4. The lowest BCUT2D eigenvalue weighted by Crippen LogP contribution is -2.61. The molecule has 42 heavy (non-hydrogen) atoms. The summed E-state index contributed by atoms with van der Waals surface area (Å²) in [7, 11) is 0. The number of nitrogens with zero attached hydrogens (tertiary/aromatic N) is 5. The van der Waals surface area contributed by atoms with Gasteiger partial charge in [-0.25, -0.2) is 4.39 Å². The van der Waals surface area contributed by atoms with E-state index in [9.17, 15) is 9.65 Å². The number of aromatic nitrogens is 2. The Bertz CT molecular complexity index is 1470. The molecule has 0 amide bonds. The second-order valence-corrected chi connectivity index (χ2v) is 13.6. The van der Waals surface area contributed by atoms with E-state index >= 15 is 0 Å². The Morgan fingerprint density at radius 1 is 1.21 bits per heavy atom. The Morgan fingerprint density at radius 2 is 2.12 bits per heavy atom. The summed E-state index contributed by atoms with van der Waals surface area (Å²) in [5.74, 6) is 1.18. The van der Waals surface area contributed by atoms with Crippen LogP contribution in [0.4, 0.5) is 15.9 Å². The molecule has 8 rings (SSSR count). The number of fused-ring (bicyclic) bond motifs is 4. The maximum atomic E-state index is 14.5. The molecule has 0 bridgehead atoms. The van der Waals surface area contributed by atoms with Gasteiger partial charge in [-0.1, -0.05) is 13.0 Å². The molecular formula is C32H39FN6O3. The highest BCUT2D eigenvalue weighted by Gasteiger charge is 2.52. The Labute approximate surface area is 246 Å². The summed E-state index contributed by atoms with van der Waals surface area (Å²) in [6.45, 7) is 6.69. The van der Waals surface area contributed by atoms with Crippen LogP contribution in [0.1, 0.15) is 85.7 Å². The quantitative estimate of drug-likeness (QED) is 0.539. The summed E-state index contributed by atoms with van der Waals surface area (Å²) in [5.41, 5.74) is 10.3. The van der Waals surface area contributed by atoms with Crippen molar-refractivity contribution in [1.29, 1.82) is 5.26 Å². The Hall–Kier alpha value is -3.00. The van der Waals surface area contributed by atoms with Crippen molar-refractivity contribution >= 4 is 11.5 Å². The van der Waals surface area contributed by atoms with Gasteiger partial charge in [0, 0.05) is 49.4 Å². The summed E-state index contributed by atoms with van der Waals surface area (Å²) in [4.78, 5) is 14.7. The van der Waals surface area contributed by atoms with Crippen molar-refractivity contribution in [1.82, 2.24) is 14.9 Å². The van der Waals surface area contributed by atoms with Gasteiger partial charge in [-0.15, -0.1) is 0 Å². The number of alkyl halides is 1. The fourth-order valence-electron chi connectivity index (χ4n) is 8.84. The van der Waals surface area contributed by atoms with Crippen LogP contribution in [0.2, 0.25) is 0 Å². The first-order chi connectivity index (χ1) is 20.4. The summed E-state index contributed by atoms with van der Waals surface area (Å²) in [6, 6.07) is 6.65. The fourth-order valence-corrected chi connectivity index (χ4v) is 8.84. The first-order valence-corrected chi connectivity index (χ1v) is 15.6. The van der Waals surface area contributed by atoms with Crippen LogP contribution in [-0.4, -0.2) is 71.6 Å². The summed E-state index contributed by atoms with van der Waals surface area (Å²) < 4.78 is 33.6. The van der Waals surface area contributed by atoms with Crippen LogP contribution in [0.5, 0.6) is 6.01 Å². The molecule has 5 aliphatic heterocycles. The number of ether oxygens (including phenoxy) is 3. The molecule has 2 spiro atoms. The molecule has 6 aliphatic rings. The molecular weight excluding hydrogens is 535 g/mol. The zero-order valence-corrected chi connectivity index (χ0v) is 24.3. The van der Waals surface area contributed by atoms with Gasteiger partial charge in [0.2, 0.25) is 0 Å². The van der Waals surface area contributed by atoms with E-state index in [1.165, 1.54) is 0 Å².